The summed E-state index contributed by atoms with van der Waals surface area (Å²) in [6.07, 6.45) is 6.39. The van der Waals surface area contributed by atoms with Crippen molar-refractivity contribution in [1.29, 1.82) is 0 Å². The molecule has 0 unspecified atom stereocenters. The van der Waals surface area contributed by atoms with Crippen LogP contribution in [0.1, 0.15) is 16.7 Å². The number of hydrogen-bond acceptors (Lipinski definition) is 7. The van der Waals surface area contributed by atoms with Crippen molar-refractivity contribution in [2.75, 3.05) is 33.8 Å². The maximum atomic E-state index is 12.4. The Bertz CT molecular complexity index is 1290. The maximum absolute atomic E-state index is 12.4. The number of benzene rings is 3. The highest BCUT2D eigenvalue weighted by molar-refractivity contribution is 6.03. The second kappa shape index (κ2) is 12.1. The van der Waals surface area contributed by atoms with E-state index in [4.69, 9.17) is 18.9 Å². The van der Waals surface area contributed by atoms with Crippen molar-refractivity contribution in [2.24, 2.45) is 0 Å². The van der Waals surface area contributed by atoms with Crippen molar-refractivity contribution in [3.05, 3.63) is 87.5 Å². The lowest BCUT2D eigenvalue weighted by molar-refractivity contribution is -0.385. The van der Waals surface area contributed by atoms with Crippen molar-refractivity contribution >= 4 is 35.5 Å². The molecule has 0 fully saturated rings. The number of nitro groups is 1. The molecule has 0 aliphatic carbocycles. The Morgan fingerprint density at radius 1 is 0.806 bits per heavy atom. The zero-order valence-corrected chi connectivity index (χ0v) is 20.3. The molecule has 0 radical (unpaired) electrons. The van der Waals surface area contributed by atoms with E-state index in [0.29, 0.717) is 34.2 Å². The number of carbonyl (C=O) groups is 1. The van der Waals surface area contributed by atoms with E-state index >= 15 is 0 Å². The predicted molar refractivity (Wildman–Crippen MR) is 139 cm³/mol. The summed E-state index contributed by atoms with van der Waals surface area (Å²) >= 11 is 0. The molecule has 0 aliphatic rings. The summed E-state index contributed by atoms with van der Waals surface area (Å²) in [6.45, 7) is 0. The summed E-state index contributed by atoms with van der Waals surface area (Å²) in [6, 6.07) is 15.1. The van der Waals surface area contributed by atoms with Gasteiger partial charge >= 0.3 is 0 Å². The van der Waals surface area contributed by atoms with Gasteiger partial charge in [0.25, 0.3) is 5.69 Å². The van der Waals surface area contributed by atoms with Gasteiger partial charge in [-0.1, -0.05) is 30.4 Å². The third-order valence-electron chi connectivity index (χ3n) is 5.19. The number of rotatable bonds is 10. The average molecular weight is 491 g/mol. The summed E-state index contributed by atoms with van der Waals surface area (Å²) in [7, 11) is 6.16. The fourth-order valence-corrected chi connectivity index (χ4v) is 3.44. The monoisotopic (exact) mass is 490 g/mol. The highest BCUT2D eigenvalue weighted by Crippen LogP contribution is 2.38. The molecule has 0 heterocycles. The second-order valence-corrected chi connectivity index (χ2v) is 7.39. The van der Waals surface area contributed by atoms with Crippen LogP contribution in [0.2, 0.25) is 0 Å². The minimum Gasteiger partial charge on any atom is -0.495 e. The number of para-hydroxylation sites is 1. The number of amides is 1. The van der Waals surface area contributed by atoms with Crippen LogP contribution in [-0.2, 0) is 4.79 Å². The molecule has 3 rings (SSSR count). The number of ether oxygens (including phenoxy) is 4. The fourth-order valence-electron chi connectivity index (χ4n) is 3.44. The van der Waals surface area contributed by atoms with Gasteiger partial charge in [-0.3, -0.25) is 14.9 Å². The molecular formula is C27H26N2O7. The number of anilines is 1. The molecule has 0 aliphatic heterocycles. The van der Waals surface area contributed by atoms with Crippen molar-refractivity contribution in [3.8, 4) is 23.0 Å². The fraction of sp³-hybridized carbons (Fsp3) is 0.148. The van der Waals surface area contributed by atoms with Crippen LogP contribution in [0, 0.1) is 10.1 Å². The first kappa shape index (κ1) is 25.8. The third-order valence-corrected chi connectivity index (χ3v) is 5.19. The molecule has 186 valence electrons. The maximum Gasteiger partial charge on any atom is 0.276 e. The summed E-state index contributed by atoms with van der Waals surface area (Å²) < 4.78 is 21.6. The van der Waals surface area contributed by atoms with Gasteiger partial charge in [-0.15, -0.1) is 0 Å². The molecule has 3 aromatic carbocycles. The van der Waals surface area contributed by atoms with E-state index in [9.17, 15) is 14.9 Å². The average Bonchev–Trinajstić information content (AvgIpc) is 2.90. The first-order valence-electron chi connectivity index (χ1n) is 10.8. The Morgan fingerprint density at radius 2 is 1.42 bits per heavy atom. The lowest BCUT2D eigenvalue weighted by atomic mass is 10.1. The number of hydrogen-bond donors (Lipinski definition) is 1. The van der Waals surface area contributed by atoms with E-state index in [0.717, 1.165) is 11.1 Å². The number of carbonyl (C=O) groups excluding carboxylic acids is 1. The van der Waals surface area contributed by atoms with Gasteiger partial charge in [-0.25, -0.2) is 0 Å². The molecule has 9 nitrogen and oxygen atoms in total. The van der Waals surface area contributed by atoms with E-state index in [1.807, 2.05) is 30.4 Å². The third kappa shape index (κ3) is 6.20. The Kier molecular flexibility index (Phi) is 8.66. The van der Waals surface area contributed by atoms with E-state index in [1.165, 1.54) is 25.3 Å². The Balaban J connectivity index is 1.77. The van der Waals surface area contributed by atoms with Gasteiger partial charge in [-0.05, 0) is 47.5 Å². The number of nitrogens with zero attached hydrogens (tertiary/aromatic N) is 1. The predicted octanol–water partition coefficient (Wildman–Crippen LogP) is 5.45. The topological polar surface area (TPSA) is 109 Å². The molecule has 9 heteroatoms. The SMILES string of the molecule is COc1cc(C=Cc2cc(OC)c(OC)c(OC)c2)ccc1NC(=O)/C=C/c1ccccc1[N+](=O)[O-]. The molecule has 0 saturated carbocycles. The summed E-state index contributed by atoms with van der Waals surface area (Å²) in [5, 5.41) is 13.9. The highest BCUT2D eigenvalue weighted by atomic mass is 16.6. The molecule has 36 heavy (non-hydrogen) atoms. The van der Waals surface area contributed by atoms with Crippen LogP contribution in [0.4, 0.5) is 11.4 Å². The van der Waals surface area contributed by atoms with E-state index in [1.54, 1.807) is 51.7 Å². The molecular weight excluding hydrogens is 464 g/mol. The second-order valence-electron chi connectivity index (χ2n) is 7.39. The van der Waals surface area contributed by atoms with Crippen LogP contribution in [0.25, 0.3) is 18.2 Å². The summed E-state index contributed by atoms with van der Waals surface area (Å²) in [5.74, 6) is 1.60. The zero-order valence-electron chi connectivity index (χ0n) is 20.3. The molecule has 0 bridgehead atoms. The molecule has 0 spiro atoms. The standard InChI is InChI=1S/C27H26N2O7/c1-33-23-15-18(9-10-19-16-24(34-2)27(36-4)25(17-19)35-3)11-13-21(23)28-26(30)14-12-20-7-5-6-8-22(20)29(31)32/h5-17H,1-4H3,(H,28,30)/b10-9?,14-12+. The van der Waals surface area contributed by atoms with Crippen molar-refractivity contribution in [1.82, 2.24) is 0 Å². The molecule has 0 atom stereocenters. The van der Waals surface area contributed by atoms with Crippen molar-refractivity contribution in [3.63, 3.8) is 0 Å². The number of nitrogens with one attached hydrogen (secondary N) is 1. The number of nitro benzene ring substituents is 1. The summed E-state index contributed by atoms with van der Waals surface area (Å²) in [4.78, 5) is 23.1. The number of methoxy groups -OCH3 is 4. The van der Waals surface area contributed by atoms with Crippen LogP contribution < -0.4 is 24.3 Å². The normalized spacial score (nSPS) is 10.9. The zero-order chi connectivity index (χ0) is 26.1. The Hall–Kier alpha value is -4.79. The van der Waals surface area contributed by atoms with Crippen molar-refractivity contribution < 1.29 is 28.7 Å². The largest absolute Gasteiger partial charge is 0.495 e. The Labute approximate surface area is 208 Å². The quantitative estimate of drug-likeness (QED) is 0.174. The minimum atomic E-state index is -0.495. The van der Waals surface area contributed by atoms with Crippen LogP contribution in [0.3, 0.4) is 0 Å². The van der Waals surface area contributed by atoms with Crippen LogP contribution >= 0.6 is 0 Å². The van der Waals surface area contributed by atoms with Crippen LogP contribution in [-0.4, -0.2) is 39.3 Å². The van der Waals surface area contributed by atoms with Gasteiger partial charge in [0.2, 0.25) is 11.7 Å². The van der Waals surface area contributed by atoms with Gasteiger partial charge in [-0.2, -0.15) is 0 Å². The lowest BCUT2D eigenvalue weighted by Gasteiger charge is -2.13. The van der Waals surface area contributed by atoms with E-state index < -0.39 is 10.8 Å². The van der Waals surface area contributed by atoms with Gasteiger partial charge < -0.3 is 24.3 Å². The Morgan fingerprint density at radius 3 is 2.03 bits per heavy atom. The van der Waals surface area contributed by atoms with E-state index in [-0.39, 0.29) is 5.69 Å². The molecule has 1 amide bonds. The van der Waals surface area contributed by atoms with Gasteiger partial charge in [0.15, 0.2) is 11.5 Å². The minimum absolute atomic E-state index is 0.0811. The van der Waals surface area contributed by atoms with Crippen LogP contribution in [0.15, 0.2) is 60.7 Å². The van der Waals surface area contributed by atoms with E-state index in [2.05, 4.69) is 5.32 Å². The molecule has 0 aromatic heterocycles. The lowest BCUT2D eigenvalue weighted by Crippen LogP contribution is -2.09. The van der Waals surface area contributed by atoms with Crippen LogP contribution in [0.5, 0.6) is 23.0 Å². The smallest absolute Gasteiger partial charge is 0.276 e. The first-order valence-corrected chi connectivity index (χ1v) is 10.8. The molecule has 1 N–H and O–H groups in total. The van der Waals surface area contributed by atoms with Gasteiger partial charge in [0.05, 0.1) is 44.6 Å². The molecule has 3 aromatic rings. The van der Waals surface area contributed by atoms with Gasteiger partial charge in [0.1, 0.15) is 5.75 Å². The highest BCUT2D eigenvalue weighted by Gasteiger charge is 2.13. The summed E-state index contributed by atoms with van der Waals surface area (Å²) in [5.41, 5.74) is 2.37. The molecule has 0 saturated heterocycles. The van der Waals surface area contributed by atoms with Gasteiger partial charge in [0, 0.05) is 12.1 Å². The van der Waals surface area contributed by atoms with Crippen molar-refractivity contribution in [2.45, 2.75) is 0 Å². The first-order chi connectivity index (χ1) is 17.4.